The Morgan fingerprint density at radius 1 is 0.946 bits per heavy atom. The molecule has 0 atom stereocenters. The number of rotatable bonds is 3. The molecule has 0 fully saturated rings. The number of nitrogens with zero attached hydrogens (tertiary/aromatic N) is 4. The first kappa shape index (κ1) is 23.8. The Hall–Kier alpha value is -3.62. The second kappa shape index (κ2) is 8.75. The lowest BCUT2D eigenvalue weighted by atomic mass is 9.87. The van der Waals surface area contributed by atoms with Crippen molar-refractivity contribution in [3.63, 3.8) is 0 Å². The molecule has 2 aromatic heterocycles. The number of thiazole rings is 1. The molecule has 0 aliphatic carbocycles. The number of halogens is 1. The Morgan fingerprint density at radius 3 is 2.35 bits per heavy atom. The van der Waals surface area contributed by atoms with Crippen molar-refractivity contribution >= 4 is 49.4 Å². The van der Waals surface area contributed by atoms with Crippen LogP contribution in [0.25, 0.3) is 21.9 Å². The van der Waals surface area contributed by atoms with Gasteiger partial charge in [-0.15, -0.1) is 5.10 Å². The van der Waals surface area contributed by atoms with Gasteiger partial charge in [-0.05, 0) is 34.7 Å². The number of carbonyl (C=O) groups excluding carboxylic acids is 1. The van der Waals surface area contributed by atoms with Gasteiger partial charge in [0.1, 0.15) is 4.53 Å². The summed E-state index contributed by atoms with van der Waals surface area (Å²) >= 11 is 4.72. The van der Waals surface area contributed by atoms with Crippen molar-refractivity contribution in [1.82, 2.24) is 14.6 Å². The predicted octanol–water partition coefficient (Wildman–Crippen LogP) is 5.34. The summed E-state index contributed by atoms with van der Waals surface area (Å²) in [5, 5.41) is 4.51. The lowest BCUT2D eigenvalue weighted by Crippen LogP contribution is -2.32. The van der Waals surface area contributed by atoms with Gasteiger partial charge in [-0.1, -0.05) is 103 Å². The molecule has 0 unspecified atom stereocenters. The number of hydrogen-bond donors (Lipinski definition) is 0. The third-order valence-electron chi connectivity index (χ3n) is 6.55. The van der Waals surface area contributed by atoms with E-state index in [-0.39, 0.29) is 16.9 Å². The molecule has 0 N–H and O–H groups in total. The summed E-state index contributed by atoms with van der Waals surface area (Å²) in [5.41, 5.74) is 4.69. The van der Waals surface area contributed by atoms with Crippen LogP contribution in [-0.2, 0) is 16.8 Å². The lowest BCUT2D eigenvalue weighted by molar-refractivity contribution is -0.113. The Bertz CT molecular complexity index is 1780. The first-order chi connectivity index (χ1) is 17.7. The van der Waals surface area contributed by atoms with Crippen molar-refractivity contribution in [2.45, 2.75) is 32.7 Å². The van der Waals surface area contributed by atoms with E-state index in [1.54, 1.807) is 4.90 Å². The molecular weight excluding hydrogens is 548 g/mol. The predicted molar refractivity (Wildman–Crippen MR) is 151 cm³/mol. The van der Waals surface area contributed by atoms with Gasteiger partial charge in [0.25, 0.3) is 11.5 Å². The van der Waals surface area contributed by atoms with E-state index < -0.39 is 0 Å². The molecule has 5 aromatic rings. The number of aromatic nitrogens is 3. The molecule has 1 amide bonds. The van der Waals surface area contributed by atoms with Crippen molar-refractivity contribution in [3.05, 3.63) is 109 Å². The molecule has 0 radical (unpaired) electrons. The fourth-order valence-corrected chi connectivity index (χ4v) is 5.93. The number of hydrogen-bond acceptors (Lipinski definition) is 5. The molecule has 6 rings (SSSR count). The molecule has 3 aromatic carbocycles. The van der Waals surface area contributed by atoms with Crippen molar-refractivity contribution in [2.24, 2.45) is 0 Å². The summed E-state index contributed by atoms with van der Waals surface area (Å²) in [5.74, 6) is 0.295. The van der Waals surface area contributed by atoms with Gasteiger partial charge in [0, 0.05) is 15.6 Å². The van der Waals surface area contributed by atoms with E-state index in [2.05, 4.69) is 58.9 Å². The summed E-state index contributed by atoms with van der Waals surface area (Å²) in [4.78, 5) is 34.1. The smallest absolute Gasteiger partial charge is 0.291 e. The molecule has 6 nitrogen and oxygen atoms in total. The number of carbonyl (C=O) groups is 1. The molecule has 0 bridgehead atoms. The zero-order valence-corrected chi connectivity index (χ0v) is 22.9. The third-order valence-corrected chi connectivity index (χ3v) is 8.08. The van der Waals surface area contributed by atoms with E-state index in [4.69, 9.17) is 0 Å². The minimum Gasteiger partial charge on any atom is -0.303 e. The maximum absolute atomic E-state index is 13.7. The molecule has 0 saturated heterocycles. The third kappa shape index (κ3) is 4.10. The van der Waals surface area contributed by atoms with E-state index in [9.17, 15) is 9.59 Å². The first-order valence-corrected chi connectivity index (χ1v) is 13.5. The van der Waals surface area contributed by atoms with Crippen LogP contribution in [0.1, 0.15) is 37.5 Å². The summed E-state index contributed by atoms with van der Waals surface area (Å²) in [6.07, 6.45) is 0. The Morgan fingerprint density at radius 2 is 1.68 bits per heavy atom. The highest BCUT2D eigenvalue weighted by atomic mass is 79.9. The number of benzene rings is 3. The number of anilines is 1. The summed E-state index contributed by atoms with van der Waals surface area (Å²) in [6, 6.07) is 23.6. The Balaban J connectivity index is 1.46. The van der Waals surface area contributed by atoms with Crippen molar-refractivity contribution < 1.29 is 4.79 Å². The normalized spacial score (nSPS) is 15.0. The highest BCUT2D eigenvalue weighted by Gasteiger charge is 2.34. The maximum Gasteiger partial charge on any atom is 0.291 e. The lowest BCUT2D eigenvalue weighted by Gasteiger charge is -2.18. The van der Waals surface area contributed by atoms with E-state index >= 15 is 0 Å². The second-order valence-electron chi connectivity index (χ2n) is 10.1. The zero-order chi connectivity index (χ0) is 25.9. The van der Waals surface area contributed by atoms with Gasteiger partial charge in [-0.3, -0.25) is 9.59 Å². The first-order valence-electron chi connectivity index (χ1n) is 11.9. The summed E-state index contributed by atoms with van der Waals surface area (Å²) < 4.78 is 2.50. The van der Waals surface area contributed by atoms with Crippen LogP contribution in [0.5, 0.6) is 0 Å². The largest absolute Gasteiger partial charge is 0.303 e. The van der Waals surface area contributed by atoms with Crippen LogP contribution in [0, 0.1) is 0 Å². The molecule has 0 spiro atoms. The van der Waals surface area contributed by atoms with Crippen LogP contribution in [0.2, 0.25) is 0 Å². The van der Waals surface area contributed by atoms with E-state index in [1.807, 2.05) is 60.7 Å². The van der Waals surface area contributed by atoms with E-state index in [0.717, 1.165) is 26.9 Å². The quantitative estimate of drug-likeness (QED) is 0.293. The van der Waals surface area contributed by atoms with Gasteiger partial charge in [-0.2, -0.15) is 9.50 Å². The second-order valence-corrected chi connectivity index (χ2v) is 12.0. The number of amides is 1. The molecule has 8 heteroatoms. The highest BCUT2D eigenvalue weighted by molar-refractivity contribution is 9.10. The molecule has 3 heterocycles. The van der Waals surface area contributed by atoms with Crippen LogP contribution >= 0.6 is 27.3 Å². The molecule has 37 heavy (non-hydrogen) atoms. The van der Waals surface area contributed by atoms with Gasteiger partial charge in [-0.25, -0.2) is 0 Å². The van der Waals surface area contributed by atoms with Gasteiger partial charge in [0.05, 0.1) is 17.8 Å². The maximum atomic E-state index is 13.7. The van der Waals surface area contributed by atoms with Gasteiger partial charge in [0.2, 0.25) is 4.96 Å². The molecule has 1 aliphatic rings. The number of fused-ring (bicyclic) bond motifs is 2. The molecular formula is C29H23BrN4O2S. The fourth-order valence-electron chi connectivity index (χ4n) is 4.57. The molecule has 1 aliphatic heterocycles. The highest BCUT2D eigenvalue weighted by Crippen LogP contribution is 2.38. The summed E-state index contributed by atoms with van der Waals surface area (Å²) in [7, 11) is 0. The van der Waals surface area contributed by atoms with Gasteiger partial charge >= 0.3 is 0 Å². The van der Waals surface area contributed by atoms with Gasteiger partial charge in [0.15, 0.2) is 5.82 Å². The van der Waals surface area contributed by atoms with E-state index in [0.29, 0.717) is 27.4 Å². The van der Waals surface area contributed by atoms with Crippen molar-refractivity contribution in [3.8, 4) is 11.4 Å². The van der Waals surface area contributed by atoms with E-state index in [1.165, 1.54) is 21.4 Å². The SMILES string of the molecule is CC(C)(C)c1ccc(-c2nc3sc(=C4C(=O)N(Cc5ccccc5)c5ccc(Br)cc54)c(=O)n3n2)cc1. The van der Waals surface area contributed by atoms with Crippen molar-refractivity contribution in [1.29, 1.82) is 0 Å². The fraction of sp³-hybridized carbons (Fsp3) is 0.172. The zero-order valence-electron chi connectivity index (χ0n) is 20.5. The topological polar surface area (TPSA) is 67.6 Å². The van der Waals surface area contributed by atoms with Crippen LogP contribution in [0.4, 0.5) is 5.69 Å². The average molecular weight is 572 g/mol. The standard InChI is InChI=1S/C29H23BrN4O2S/c1-29(2,3)19-11-9-18(10-12-19)25-31-28-34(32-25)27(36)24(37-28)23-21-15-20(30)13-14-22(21)33(26(23)35)16-17-7-5-4-6-8-17/h4-15H,16H2,1-3H3. The molecule has 184 valence electrons. The van der Waals surface area contributed by atoms with Crippen LogP contribution < -0.4 is 15.0 Å². The Kier molecular flexibility index (Phi) is 5.62. The Labute approximate surface area is 226 Å². The molecule has 0 saturated carbocycles. The van der Waals surface area contributed by atoms with Crippen molar-refractivity contribution in [2.75, 3.05) is 4.90 Å². The van der Waals surface area contributed by atoms with Crippen LogP contribution in [-0.4, -0.2) is 20.5 Å². The average Bonchev–Trinajstić information content (AvgIpc) is 3.50. The monoisotopic (exact) mass is 570 g/mol. The van der Waals surface area contributed by atoms with Gasteiger partial charge < -0.3 is 4.90 Å². The van der Waals surface area contributed by atoms with Crippen LogP contribution in [0.15, 0.2) is 82.1 Å². The van der Waals surface area contributed by atoms with Crippen LogP contribution in [0.3, 0.4) is 0 Å². The minimum absolute atomic E-state index is 0.0440. The summed E-state index contributed by atoms with van der Waals surface area (Å²) in [6.45, 7) is 6.91. The minimum atomic E-state index is -0.333.